The predicted molar refractivity (Wildman–Crippen MR) is 56.0 cm³/mol. The number of nitrogens with zero attached hydrogens (tertiary/aromatic N) is 3. The van der Waals surface area contributed by atoms with Crippen molar-refractivity contribution >= 4 is 17.1 Å². The molecule has 0 heterocycles. The van der Waals surface area contributed by atoms with Crippen LogP contribution < -0.4 is 0 Å². The molecule has 2 N–H and O–H groups in total. The normalized spacial score (nSPS) is 25.4. The summed E-state index contributed by atoms with van der Waals surface area (Å²) < 4.78 is 0. The van der Waals surface area contributed by atoms with E-state index in [-0.39, 0.29) is 11.8 Å². The number of oxime groups is 3. The second kappa shape index (κ2) is 5.33. The molecule has 0 unspecified atom stereocenters. The lowest BCUT2D eigenvalue weighted by atomic mass is 9.94. The number of hydrogen-bond acceptors (Lipinski definition) is 6. The SMILES string of the molecule is CC(C)O/N=C1/CCCC(=N/O)/C1=N\O. The zero-order chi connectivity index (χ0) is 11.3. The van der Waals surface area contributed by atoms with Gasteiger partial charge in [0.05, 0.1) is 0 Å². The highest BCUT2D eigenvalue weighted by atomic mass is 16.6. The van der Waals surface area contributed by atoms with Gasteiger partial charge in [-0.3, -0.25) is 0 Å². The third kappa shape index (κ3) is 2.93. The Morgan fingerprint density at radius 2 is 1.80 bits per heavy atom. The lowest BCUT2D eigenvalue weighted by molar-refractivity contribution is 0.0859. The Kier molecular flexibility index (Phi) is 4.08. The molecule has 0 saturated heterocycles. The molecular weight excluding hydrogens is 198 g/mol. The molecule has 0 radical (unpaired) electrons. The maximum atomic E-state index is 8.79. The van der Waals surface area contributed by atoms with Crippen molar-refractivity contribution in [1.29, 1.82) is 0 Å². The first-order valence-electron chi connectivity index (χ1n) is 4.85. The van der Waals surface area contributed by atoms with Crippen LogP contribution in [0.1, 0.15) is 33.1 Å². The fourth-order valence-corrected chi connectivity index (χ4v) is 1.30. The van der Waals surface area contributed by atoms with Crippen LogP contribution in [0, 0.1) is 0 Å². The van der Waals surface area contributed by atoms with E-state index in [2.05, 4.69) is 15.5 Å². The van der Waals surface area contributed by atoms with E-state index in [1.54, 1.807) is 0 Å². The summed E-state index contributed by atoms with van der Waals surface area (Å²) in [6, 6.07) is 0. The van der Waals surface area contributed by atoms with Crippen molar-refractivity contribution in [2.75, 3.05) is 0 Å². The second-order valence-corrected chi connectivity index (χ2v) is 3.54. The molecule has 1 aliphatic rings. The van der Waals surface area contributed by atoms with Gasteiger partial charge in [0, 0.05) is 0 Å². The zero-order valence-corrected chi connectivity index (χ0v) is 8.84. The maximum absolute atomic E-state index is 8.79. The molecule has 0 amide bonds. The summed E-state index contributed by atoms with van der Waals surface area (Å²) >= 11 is 0. The lowest BCUT2D eigenvalue weighted by Gasteiger charge is -2.15. The first-order valence-corrected chi connectivity index (χ1v) is 4.85. The summed E-state index contributed by atoms with van der Waals surface area (Å²) in [6.45, 7) is 3.70. The standard InChI is InChI=1S/C9H15N3O3/c1-6(2)15-12-8-5-3-4-7(10-13)9(8)11-14/h6,13-14H,3-5H2,1-2H3/b10-7-,11-9+,12-8-. The van der Waals surface area contributed by atoms with Crippen molar-refractivity contribution in [3.05, 3.63) is 0 Å². The van der Waals surface area contributed by atoms with Crippen LogP contribution >= 0.6 is 0 Å². The van der Waals surface area contributed by atoms with Gasteiger partial charge in [0.2, 0.25) is 0 Å². The minimum absolute atomic E-state index is 0.0334. The van der Waals surface area contributed by atoms with Gasteiger partial charge in [-0.2, -0.15) is 0 Å². The molecule has 0 aromatic heterocycles. The van der Waals surface area contributed by atoms with Crippen molar-refractivity contribution in [3.63, 3.8) is 0 Å². The molecule has 1 rings (SSSR count). The Bertz CT molecular complexity index is 308. The van der Waals surface area contributed by atoms with E-state index in [9.17, 15) is 0 Å². The van der Waals surface area contributed by atoms with E-state index in [0.717, 1.165) is 6.42 Å². The van der Waals surface area contributed by atoms with E-state index in [1.165, 1.54) is 0 Å². The number of rotatable bonds is 2. The Balaban J connectivity index is 2.83. The van der Waals surface area contributed by atoms with Gasteiger partial charge in [0.1, 0.15) is 17.5 Å². The molecule has 0 spiro atoms. The van der Waals surface area contributed by atoms with Gasteiger partial charge in [-0.15, -0.1) is 0 Å². The van der Waals surface area contributed by atoms with Gasteiger partial charge in [-0.05, 0) is 33.1 Å². The van der Waals surface area contributed by atoms with E-state index in [4.69, 9.17) is 15.3 Å². The summed E-state index contributed by atoms with van der Waals surface area (Å²) in [5.74, 6) is 0. The van der Waals surface area contributed by atoms with Crippen LogP contribution in [0.3, 0.4) is 0 Å². The third-order valence-electron chi connectivity index (χ3n) is 1.97. The van der Waals surface area contributed by atoms with Crippen molar-refractivity contribution in [3.8, 4) is 0 Å². The Morgan fingerprint density at radius 3 is 2.33 bits per heavy atom. The van der Waals surface area contributed by atoms with Crippen LogP contribution in [0.5, 0.6) is 0 Å². The van der Waals surface area contributed by atoms with Crippen molar-refractivity contribution in [2.45, 2.75) is 39.2 Å². The molecule has 15 heavy (non-hydrogen) atoms. The number of hydrogen-bond donors (Lipinski definition) is 2. The topological polar surface area (TPSA) is 86.8 Å². The van der Waals surface area contributed by atoms with Gasteiger partial charge in [0.15, 0.2) is 5.71 Å². The van der Waals surface area contributed by atoms with Gasteiger partial charge in [-0.25, -0.2) is 0 Å². The Hall–Kier alpha value is -1.59. The summed E-state index contributed by atoms with van der Waals surface area (Å²) in [5.41, 5.74) is 1.07. The van der Waals surface area contributed by atoms with Crippen LogP contribution in [0.15, 0.2) is 15.5 Å². The van der Waals surface area contributed by atoms with Crippen molar-refractivity contribution in [2.24, 2.45) is 15.5 Å². The van der Waals surface area contributed by atoms with Crippen molar-refractivity contribution in [1.82, 2.24) is 0 Å². The molecule has 6 nitrogen and oxygen atoms in total. The predicted octanol–water partition coefficient (Wildman–Crippen LogP) is 1.61. The summed E-state index contributed by atoms with van der Waals surface area (Å²) in [7, 11) is 0. The highest BCUT2D eigenvalue weighted by Crippen LogP contribution is 2.12. The molecule has 1 aliphatic carbocycles. The van der Waals surface area contributed by atoms with Crippen LogP contribution in [0.2, 0.25) is 0 Å². The molecular formula is C9H15N3O3. The minimum Gasteiger partial charge on any atom is -0.411 e. The Labute approximate surface area is 87.9 Å². The molecule has 0 atom stereocenters. The monoisotopic (exact) mass is 213 g/mol. The first kappa shape index (κ1) is 11.5. The van der Waals surface area contributed by atoms with Crippen molar-refractivity contribution < 1.29 is 15.3 Å². The smallest absolute Gasteiger partial charge is 0.152 e. The fourth-order valence-electron chi connectivity index (χ4n) is 1.30. The Morgan fingerprint density at radius 1 is 1.13 bits per heavy atom. The molecule has 6 heteroatoms. The van der Waals surface area contributed by atoms with Gasteiger partial charge < -0.3 is 15.3 Å². The summed E-state index contributed by atoms with van der Waals surface area (Å²) in [5, 5.41) is 27.5. The van der Waals surface area contributed by atoms with Gasteiger partial charge in [-0.1, -0.05) is 15.5 Å². The van der Waals surface area contributed by atoms with Crippen LogP contribution in [0.25, 0.3) is 0 Å². The molecule has 0 aromatic carbocycles. The van der Waals surface area contributed by atoms with Crippen LogP contribution in [-0.4, -0.2) is 33.7 Å². The van der Waals surface area contributed by atoms with E-state index in [1.807, 2.05) is 13.8 Å². The zero-order valence-electron chi connectivity index (χ0n) is 8.84. The highest BCUT2D eigenvalue weighted by Gasteiger charge is 2.23. The largest absolute Gasteiger partial charge is 0.411 e. The lowest BCUT2D eigenvalue weighted by Crippen LogP contribution is -2.29. The molecule has 1 fully saturated rings. The van der Waals surface area contributed by atoms with E-state index < -0.39 is 0 Å². The van der Waals surface area contributed by atoms with Gasteiger partial charge >= 0.3 is 0 Å². The second-order valence-electron chi connectivity index (χ2n) is 3.54. The van der Waals surface area contributed by atoms with Gasteiger partial charge in [0.25, 0.3) is 0 Å². The average Bonchev–Trinajstić information content (AvgIpc) is 2.25. The third-order valence-corrected chi connectivity index (χ3v) is 1.97. The fraction of sp³-hybridized carbons (Fsp3) is 0.667. The summed E-state index contributed by atoms with van der Waals surface area (Å²) in [4.78, 5) is 5.07. The molecule has 0 aromatic rings. The van der Waals surface area contributed by atoms with E-state index >= 15 is 0 Å². The first-order chi connectivity index (χ1) is 7.19. The van der Waals surface area contributed by atoms with Crippen LogP contribution in [-0.2, 0) is 4.84 Å². The molecule has 84 valence electrons. The molecule has 0 bridgehead atoms. The maximum Gasteiger partial charge on any atom is 0.152 e. The average molecular weight is 213 g/mol. The minimum atomic E-state index is -0.0334. The molecule has 1 saturated carbocycles. The van der Waals surface area contributed by atoms with E-state index in [0.29, 0.717) is 24.3 Å². The quantitative estimate of drug-likeness (QED) is 0.539. The van der Waals surface area contributed by atoms with Crippen LogP contribution in [0.4, 0.5) is 0 Å². The highest BCUT2D eigenvalue weighted by molar-refractivity contribution is 6.69. The molecule has 0 aliphatic heterocycles. The summed E-state index contributed by atoms with van der Waals surface area (Å²) in [6.07, 6.45) is 2.01.